The first-order valence-electron chi connectivity index (χ1n) is 5.90. The molecule has 0 atom stereocenters. The summed E-state index contributed by atoms with van der Waals surface area (Å²) >= 11 is 0. The molecule has 0 N–H and O–H groups in total. The van der Waals surface area contributed by atoms with Gasteiger partial charge in [0.1, 0.15) is 0 Å². The Kier molecular flexibility index (Phi) is 2.93. The lowest BCUT2D eigenvalue weighted by Gasteiger charge is -1.99. The van der Waals surface area contributed by atoms with Crippen LogP contribution in [0.15, 0.2) is 41.3 Å². The van der Waals surface area contributed by atoms with E-state index >= 15 is 0 Å². The summed E-state index contributed by atoms with van der Waals surface area (Å²) in [7, 11) is 3.31. The summed E-state index contributed by atoms with van der Waals surface area (Å²) in [6.45, 7) is 0. The van der Waals surface area contributed by atoms with Crippen LogP contribution < -0.4 is 0 Å². The molecule has 0 spiro atoms. The molecule has 1 heterocycles. The number of aryl methyl sites for hydroxylation is 1. The summed E-state index contributed by atoms with van der Waals surface area (Å²) in [5, 5.41) is 12.3. The third-order valence-electron chi connectivity index (χ3n) is 3.45. The molecule has 8 heteroatoms. The van der Waals surface area contributed by atoms with Crippen molar-refractivity contribution in [2.45, 2.75) is 4.90 Å². The van der Waals surface area contributed by atoms with Gasteiger partial charge in [-0.2, -0.15) is 0 Å². The smallest absolute Gasteiger partial charge is 0.271 e. The number of aromatic nitrogens is 1. The second-order valence-electron chi connectivity index (χ2n) is 4.63. The second-order valence-corrected chi connectivity index (χ2v) is 7.20. The summed E-state index contributed by atoms with van der Waals surface area (Å²) < 4.78 is 24.6. The number of benzene rings is 2. The Morgan fingerprint density at radius 1 is 1.10 bits per heavy atom. The molecule has 0 radical (unpaired) electrons. The molecule has 0 aliphatic carbocycles. The molecule has 0 bridgehead atoms. The molecular formula is C13H9ClN2O4S. The summed E-state index contributed by atoms with van der Waals surface area (Å²) in [5.74, 6) is 0. The van der Waals surface area contributed by atoms with Crippen LogP contribution in [0.25, 0.3) is 21.8 Å². The molecule has 0 aliphatic rings. The minimum atomic E-state index is -3.82. The Bertz CT molecular complexity index is 1010. The monoisotopic (exact) mass is 324 g/mol. The predicted molar refractivity (Wildman–Crippen MR) is 80.1 cm³/mol. The zero-order chi connectivity index (χ0) is 15.4. The van der Waals surface area contributed by atoms with Crippen LogP contribution in [0.5, 0.6) is 0 Å². The number of hydrogen-bond donors (Lipinski definition) is 0. The molecule has 3 rings (SSSR count). The number of halogens is 1. The number of nitrogens with zero attached hydrogens (tertiary/aromatic N) is 2. The average molecular weight is 325 g/mol. The summed E-state index contributed by atoms with van der Waals surface area (Å²) in [5.41, 5.74) is 1.41. The van der Waals surface area contributed by atoms with Gasteiger partial charge in [0, 0.05) is 46.2 Å². The minimum Gasteiger partial charge on any atom is -0.343 e. The third-order valence-corrected chi connectivity index (χ3v) is 4.81. The average Bonchev–Trinajstić information content (AvgIpc) is 2.70. The summed E-state index contributed by atoms with van der Waals surface area (Å²) in [4.78, 5) is 10.4. The molecule has 108 valence electrons. The summed E-state index contributed by atoms with van der Waals surface area (Å²) in [6.07, 6.45) is 0. The van der Waals surface area contributed by atoms with Crippen molar-refractivity contribution in [3.05, 3.63) is 46.5 Å². The number of non-ortho nitro benzene ring substituents is 1. The van der Waals surface area contributed by atoms with E-state index in [1.165, 1.54) is 24.3 Å². The predicted octanol–water partition coefficient (Wildman–Crippen LogP) is 3.17. The van der Waals surface area contributed by atoms with Gasteiger partial charge in [-0.25, -0.2) is 8.42 Å². The molecule has 0 amide bonds. The Labute approximate surface area is 124 Å². The molecular weight excluding hydrogens is 316 g/mol. The van der Waals surface area contributed by atoms with Gasteiger partial charge in [0.05, 0.1) is 15.3 Å². The molecule has 21 heavy (non-hydrogen) atoms. The van der Waals surface area contributed by atoms with Crippen LogP contribution in [-0.4, -0.2) is 17.9 Å². The Balaban J connectivity index is 2.43. The van der Waals surface area contributed by atoms with Crippen molar-refractivity contribution in [1.82, 2.24) is 4.57 Å². The lowest BCUT2D eigenvalue weighted by molar-refractivity contribution is -0.384. The van der Waals surface area contributed by atoms with Gasteiger partial charge in [-0.15, -0.1) is 0 Å². The van der Waals surface area contributed by atoms with Crippen LogP contribution >= 0.6 is 10.7 Å². The van der Waals surface area contributed by atoms with E-state index in [0.717, 1.165) is 10.9 Å². The SMILES string of the molecule is Cn1c2ccc(S(=O)(=O)Cl)cc2c2ccc([N+](=O)[O-])cc21. The van der Waals surface area contributed by atoms with E-state index < -0.39 is 14.0 Å². The standard InChI is InChI=1S/C13H9ClN2O4S/c1-15-12-5-3-9(21(14,19)20)7-11(12)10-4-2-8(16(17)18)6-13(10)15/h2-7H,1H3. The lowest BCUT2D eigenvalue weighted by atomic mass is 10.1. The van der Waals surface area contributed by atoms with Gasteiger partial charge in [0.2, 0.25) is 0 Å². The van der Waals surface area contributed by atoms with Crippen LogP contribution in [0.1, 0.15) is 0 Å². The fraction of sp³-hybridized carbons (Fsp3) is 0.0769. The zero-order valence-electron chi connectivity index (χ0n) is 10.8. The van der Waals surface area contributed by atoms with Crippen LogP contribution in [0, 0.1) is 10.1 Å². The highest BCUT2D eigenvalue weighted by molar-refractivity contribution is 8.13. The molecule has 1 aromatic heterocycles. The van der Waals surface area contributed by atoms with Crippen molar-refractivity contribution in [2.75, 3.05) is 0 Å². The van der Waals surface area contributed by atoms with E-state index in [1.54, 1.807) is 23.7 Å². The van der Waals surface area contributed by atoms with Crippen molar-refractivity contribution < 1.29 is 13.3 Å². The highest BCUT2D eigenvalue weighted by Crippen LogP contribution is 2.32. The van der Waals surface area contributed by atoms with Crippen molar-refractivity contribution in [3.8, 4) is 0 Å². The minimum absolute atomic E-state index is 0.00233. The Morgan fingerprint density at radius 3 is 2.43 bits per heavy atom. The zero-order valence-corrected chi connectivity index (χ0v) is 12.4. The van der Waals surface area contributed by atoms with Crippen molar-refractivity contribution in [3.63, 3.8) is 0 Å². The van der Waals surface area contributed by atoms with E-state index in [1.807, 2.05) is 0 Å². The lowest BCUT2D eigenvalue weighted by Crippen LogP contribution is -1.91. The van der Waals surface area contributed by atoms with E-state index in [9.17, 15) is 18.5 Å². The number of fused-ring (bicyclic) bond motifs is 3. The quantitative estimate of drug-likeness (QED) is 0.412. The third kappa shape index (κ3) is 2.14. The number of nitro groups is 1. The van der Waals surface area contributed by atoms with Gasteiger partial charge >= 0.3 is 0 Å². The van der Waals surface area contributed by atoms with Gasteiger partial charge in [0.25, 0.3) is 14.7 Å². The van der Waals surface area contributed by atoms with E-state index in [-0.39, 0.29) is 10.6 Å². The molecule has 0 saturated carbocycles. The largest absolute Gasteiger partial charge is 0.343 e. The molecule has 0 saturated heterocycles. The first-order valence-corrected chi connectivity index (χ1v) is 8.21. The van der Waals surface area contributed by atoms with Gasteiger partial charge in [-0.1, -0.05) is 0 Å². The molecule has 0 aliphatic heterocycles. The highest BCUT2D eigenvalue weighted by atomic mass is 35.7. The molecule has 0 unspecified atom stereocenters. The fourth-order valence-corrected chi connectivity index (χ4v) is 3.22. The van der Waals surface area contributed by atoms with Crippen LogP contribution in [0.3, 0.4) is 0 Å². The van der Waals surface area contributed by atoms with Gasteiger partial charge < -0.3 is 4.57 Å². The molecule has 6 nitrogen and oxygen atoms in total. The fourth-order valence-electron chi connectivity index (χ4n) is 2.44. The summed E-state index contributed by atoms with van der Waals surface area (Å²) in [6, 6.07) is 8.99. The van der Waals surface area contributed by atoms with Crippen molar-refractivity contribution >= 4 is 47.2 Å². The maximum atomic E-state index is 11.4. The topological polar surface area (TPSA) is 82.2 Å². The van der Waals surface area contributed by atoms with E-state index in [4.69, 9.17) is 10.7 Å². The van der Waals surface area contributed by atoms with Gasteiger partial charge in [-0.05, 0) is 24.3 Å². The maximum absolute atomic E-state index is 11.4. The highest BCUT2D eigenvalue weighted by Gasteiger charge is 2.16. The molecule has 2 aromatic carbocycles. The van der Waals surface area contributed by atoms with Crippen molar-refractivity contribution in [1.29, 1.82) is 0 Å². The normalized spacial score (nSPS) is 12.1. The maximum Gasteiger partial charge on any atom is 0.271 e. The van der Waals surface area contributed by atoms with Gasteiger partial charge in [-0.3, -0.25) is 10.1 Å². The van der Waals surface area contributed by atoms with Crippen LogP contribution in [0.2, 0.25) is 0 Å². The number of nitro benzene ring substituents is 1. The number of rotatable bonds is 2. The van der Waals surface area contributed by atoms with Gasteiger partial charge in [0.15, 0.2) is 0 Å². The van der Waals surface area contributed by atoms with Crippen LogP contribution in [-0.2, 0) is 16.1 Å². The first-order chi connectivity index (χ1) is 9.79. The molecule has 0 fully saturated rings. The Morgan fingerprint density at radius 2 is 1.81 bits per heavy atom. The van der Waals surface area contributed by atoms with Crippen molar-refractivity contribution in [2.24, 2.45) is 7.05 Å². The van der Waals surface area contributed by atoms with E-state index in [2.05, 4.69) is 0 Å². The molecule has 3 aromatic rings. The first kappa shape index (κ1) is 13.8. The number of hydrogen-bond acceptors (Lipinski definition) is 4. The second kappa shape index (κ2) is 4.44. The van der Waals surface area contributed by atoms with E-state index in [0.29, 0.717) is 10.9 Å². The Hall–Kier alpha value is -2.12. The van der Waals surface area contributed by atoms with Crippen LogP contribution in [0.4, 0.5) is 5.69 Å².